The lowest BCUT2D eigenvalue weighted by atomic mass is 10.2. The third-order valence-electron chi connectivity index (χ3n) is 4.68. The predicted octanol–water partition coefficient (Wildman–Crippen LogP) is 3.80. The lowest BCUT2D eigenvalue weighted by Gasteiger charge is -2.10. The van der Waals surface area contributed by atoms with Crippen LogP contribution in [0.1, 0.15) is 16.1 Å². The van der Waals surface area contributed by atoms with Gasteiger partial charge in [0.25, 0.3) is 11.8 Å². The first-order valence-electron chi connectivity index (χ1n) is 10.1. The summed E-state index contributed by atoms with van der Waals surface area (Å²) in [6, 6.07) is 18.9. The van der Waals surface area contributed by atoms with Crippen molar-refractivity contribution in [2.24, 2.45) is 0 Å². The second kappa shape index (κ2) is 10.2. The summed E-state index contributed by atoms with van der Waals surface area (Å²) in [7, 11) is 1.56. The van der Waals surface area contributed by atoms with Crippen LogP contribution in [-0.4, -0.2) is 35.3 Å². The van der Waals surface area contributed by atoms with Gasteiger partial charge < -0.3 is 24.5 Å². The zero-order valence-corrected chi connectivity index (χ0v) is 17.9. The third-order valence-corrected chi connectivity index (χ3v) is 4.68. The Labute approximate surface area is 189 Å². The van der Waals surface area contributed by atoms with Crippen LogP contribution in [0.5, 0.6) is 11.5 Å². The maximum absolute atomic E-state index is 12.6. The van der Waals surface area contributed by atoms with Gasteiger partial charge in [-0.25, -0.2) is 4.68 Å². The molecule has 0 aliphatic rings. The zero-order chi connectivity index (χ0) is 23.0. The van der Waals surface area contributed by atoms with E-state index in [2.05, 4.69) is 15.7 Å². The van der Waals surface area contributed by atoms with Crippen molar-refractivity contribution >= 4 is 23.3 Å². The Morgan fingerprint density at radius 2 is 1.85 bits per heavy atom. The minimum atomic E-state index is -0.310. The summed E-state index contributed by atoms with van der Waals surface area (Å²) < 4.78 is 17.6. The quantitative estimate of drug-likeness (QED) is 0.405. The maximum atomic E-state index is 12.6. The van der Waals surface area contributed by atoms with Crippen LogP contribution in [0.15, 0.2) is 83.6 Å². The Hall–Kier alpha value is -4.53. The molecule has 2 N–H and O–H groups in total. The van der Waals surface area contributed by atoms with E-state index in [0.29, 0.717) is 35.1 Å². The summed E-state index contributed by atoms with van der Waals surface area (Å²) in [6.07, 6.45) is 3.19. The van der Waals surface area contributed by atoms with Crippen molar-refractivity contribution < 1.29 is 23.5 Å². The molecule has 33 heavy (non-hydrogen) atoms. The Kier molecular flexibility index (Phi) is 6.70. The van der Waals surface area contributed by atoms with E-state index in [9.17, 15) is 9.59 Å². The summed E-state index contributed by atoms with van der Waals surface area (Å²) >= 11 is 0. The van der Waals surface area contributed by atoms with Gasteiger partial charge in [-0.15, -0.1) is 0 Å². The number of anilines is 2. The van der Waals surface area contributed by atoms with Gasteiger partial charge in [-0.2, -0.15) is 5.10 Å². The molecule has 9 nitrogen and oxygen atoms in total. The zero-order valence-electron chi connectivity index (χ0n) is 17.9. The predicted molar refractivity (Wildman–Crippen MR) is 122 cm³/mol. The van der Waals surface area contributed by atoms with Gasteiger partial charge in [-0.3, -0.25) is 9.59 Å². The molecule has 0 unspecified atom stereocenters. The average molecular weight is 446 g/mol. The van der Waals surface area contributed by atoms with Crippen LogP contribution in [0.25, 0.3) is 0 Å². The number of benzene rings is 2. The number of amides is 2. The molecule has 2 aromatic carbocycles. The van der Waals surface area contributed by atoms with Crippen LogP contribution in [0.4, 0.5) is 11.5 Å². The molecule has 0 bridgehead atoms. The van der Waals surface area contributed by atoms with Gasteiger partial charge in [0, 0.05) is 23.4 Å². The fourth-order valence-corrected chi connectivity index (χ4v) is 3.05. The molecule has 0 fully saturated rings. The largest absolute Gasteiger partial charge is 0.497 e. The number of hydrogen-bond donors (Lipinski definition) is 2. The summed E-state index contributed by atoms with van der Waals surface area (Å²) in [5.41, 5.74) is 1.05. The molecule has 0 saturated heterocycles. The van der Waals surface area contributed by atoms with Gasteiger partial charge in [0.2, 0.25) is 0 Å². The van der Waals surface area contributed by atoms with Gasteiger partial charge in [-0.1, -0.05) is 6.07 Å². The Morgan fingerprint density at radius 3 is 2.61 bits per heavy atom. The molecule has 0 aliphatic carbocycles. The molecular formula is C24H22N4O5. The number of hydrogen-bond acceptors (Lipinski definition) is 6. The lowest BCUT2D eigenvalue weighted by Crippen LogP contribution is -2.20. The van der Waals surface area contributed by atoms with Gasteiger partial charge in [-0.05, 0) is 48.5 Å². The average Bonchev–Trinajstić information content (AvgIpc) is 3.51. The van der Waals surface area contributed by atoms with E-state index in [1.54, 1.807) is 84.9 Å². The number of nitrogens with one attached hydrogen (secondary N) is 2. The van der Waals surface area contributed by atoms with E-state index < -0.39 is 0 Å². The fraction of sp³-hybridized carbons (Fsp3) is 0.125. The normalized spacial score (nSPS) is 10.5. The van der Waals surface area contributed by atoms with E-state index in [0.717, 1.165) is 5.76 Å². The van der Waals surface area contributed by atoms with Crippen LogP contribution in [0.3, 0.4) is 0 Å². The van der Waals surface area contributed by atoms with Gasteiger partial charge >= 0.3 is 0 Å². The van der Waals surface area contributed by atoms with E-state index >= 15 is 0 Å². The number of rotatable bonds is 9. The first-order chi connectivity index (χ1) is 16.1. The number of aromatic nitrogens is 2. The molecule has 0 aliphatic heterocycles. The molecule has 4 rings (SSSR count). The molecule has 0 spiro atoms. The van der Waals surface area contributed by atoms with Crippen molar-refractivity contribution in [2.75, 3.05) is 24.4 Å². The van der Waals surface area contributed by atoms with E-state index in [1.807, 2.05) is 6.07 Å². The van der Waals surface area contributed by atoms with Crippen LogP contribution < -0.4 is 20.1 Å². The molecule has 9 heteroatoms. The van der Waals surface area contributed by atoms with Crippen molar-refractivity contribution in [3.63, 3.8) is 0 Å². The van der Waals surface area contributed by atoms with Crippen LogP contribution in [0, 0.1) is 0 Å². The molecule has 0 atom stereocenters. The maximum Gasteiger partial charge on any atom is 0.262 e. The van der Waals surface area contributed by atoms with E-state index in [1.165, 1.54) is 0 Å². The number of ether oxygens (including phenoxy) is 2. The number of nitrogens with zero attached hydrogens (tertiary/aromatic N) is 2. The smallest absolute Gasteiger partial charge is 0.262 e. The first-order valence-corrected chi connectivity index (χ1v) is 10.1. The van der Waals surface area contributed by atoms with E-state index in [-0.39, 0.29) is 18.4 Å². The van der Waals surface area contributed by atoms with Crippen LogP contribution in [0.2, 0.25) is 0 Å². The topological polar surface area (TPSA) is 108 Å². The minimum absolute atomic E-state index is 0.172. The van der Waals surface area contributed by atoms with Crippen molar-refractivity contribution in [2.45, 2.75) is 6.54 Å². The molecule has 2 amide bonds. The second-order valence-corrected chi connectivity index (χ2v) is 7.00. The Balaban J connectivity index is 1.29. The van der Waals surface area contributed by atoms with E-state index in [4.69, 9.17) is 13.9 Å². The number of carbonyl (C=O) groups is 2. The number of methoxy groups -OCH3 is 1. The molecule has 2 aromatic heterocycles. The summed E-state index contributed by atoms with van der Waals surface area (Å²) in [4.78, 5) is 24.7. The van der Waals surface area contributed by atoms with Crippen molar-refractivity contribution in [3.8, 4) is 11.5 Å². The molecular weight excluding hydrogens is 424 g/mol. The Bertz CT molecular complexity index is 1220. The lowest BCUT2D eigenvalue weighted by molar-refractivity contribution is -0.118. The SMILES string of the molecule is COc1cccc(NC(=O)COc2ccc(C(=O)Nc3ccnn3Cc3ccco3)cc2)c1. The highest BCUT2D eigenvalue weighted by molar-refractivity contribution is 6.03. The van der Waals surface area contributed by atoms with Crippen molar-refractivity contribution in [1.29, 1.82) is 0 Å². The highest BCUT2D eigenvalue weighted by Crippen LogP contribution is 2.18. The number of carbonyl (C=O) groups excluding carboxylic acids is 2. The van der Waals surface area contributed by atoms with Gasteiger partial charge in [0.15, 0.2) is 6.61 Å². The molecule has 168 valence electrons. The summed E-state index contributed by atoms with van der Waals surface area (Å²) in [5, 5.41) is 9.78. The highest BCUT2D eigenvalue weighted by Gasteiger charge is 2.11. The highest BCUT2D eigenvalue weighted by atomic mass is 16.5. The second-order valence-electron chi connectivity index (χ2n) is 7.00. The standard InChI is InChI=1S/C24H22N4O5/c1-31-20-5-2-4-18(14-20)26-23(29)16-33-19-9-7-17(8-10-19)24(30)27-22-11-12-25-28(22)15-21-6-3-13-32-21/h2-14H,15-16H2,1H3,(H,26,29)(H,27,30). The third kappa shape index (κ3) is 5.79. The molecule has 0 radical (unpaired) electrons. The minimum Gasteiger partial charge on any atom is -0.497 e. The fourth-order valence-electron chi connectivity index (χ4n) is 3.05. The monoisotopic (exact) mass is 446 g/mol. The summed E-state index contributed by atoms with van der Waals surface area (Å²) in [5.74, 6) is 1.78. The molecule has 4 aromatic rings. The van der Waals surface area contributed by atoms with Crippen molar-refractivity contribution in [3.05, 3.63) is 90.5 Å². The summed E-state index contributed by atoms with van der Waals surface area (Å²) in [6.45, 7) is 0.231. The van der Waals surface area contributed by atoms with Crippen molar-refractivity contribution in [1.82, 2.24) is 9.78 Å². The van der Waals surface area contributed by atoms with Crippen LogP contribution in [-0.2, 0) is 11.3 Å². The Morgan fingerprint density at radius 1 is 1.00 bits per heavy atom. The number of furan rings is 1. The van der Waals surface area contributed by atoms with Gasteiger partial charge in [0.05, 0.1) is 19.6 Å². The van der Waals surface area contributed by atoms with Crippen LogP contribution >= 0.6 is 0 Å². The van der Waals surface area contributed by atoms with Gasteiger partial charge in [0.1, 0.15) is 29.6 Å². The molecule has 2 heterocycles. The first kappa shape index (κ1) is 21.7. The molecule has 0 saturated carbocycles.